The van der Waals surface area contributed by atoms with Crippen LogP contribution in [0.25, 0.3) is 0 Å². The van der Waals surface area contributed by atoms with Crippen LogP contribution in [0.2, 0.25) is 0 Å². The van der Waals surface area contributed by atoms with Gasteiger partial charge in [-0.2, -0.15) is 12.6 Å². The molecule has 0 rings (SSSR count). The predicted octanol–water partition coefficient (Wildman–Crippen LogP) is 0.230. The van der Waals surface area contributed by atoms with Crippen LogP contribution in [0.5, 0.6) is 0 Å². The lowest BCUT2D eigenvalue weighted by Crippen LogP contribution is -2.49. The van der Waals surface area contributed by atoms with Crippen molar-refractivity contribution < 1.29 is 29.1 Å². The van der Waals surface area contributed by atoms with Crippen LogP contribution in [0.1, 0.15) is 45.4 Å². The summed E-state index contributed by atoms with van der Waals surface area (Å²) in [6.07, 6.45) is 6.56. The van der Waals surface area contributed by atoms with Gasteiger partial charge in [-0.05, 0) is 18.9 Å². The molecule has 0 aromatic rings. The number of carboxylic acids is 1. The van der Waals surface area contributed by atoms with Crippen LogP contribution >= 0.6 is 12.6 Å². The van der Waals surface area contributed by atoms with Crippen molar-refractivity contribution in [3.05, 3.63) is 12.2 Å². The van der Waals surface area contributed by atoms with Gasteiger partial charge in [-0.25, -0.2) is 0 Å². The number of unbranched alkanes of at least 4 members (excludes halogenated alkanes) is 2. The van der Waals surface area contributed by atoms with E-state index >= 15 is 0 Å². The number of ketones is 1. The van der Waals surface area contributed by atoms with E-state index < -0.39 is 35.8 Å². The fourth-order valence-corrected chi connectivity index (χ4v) is 2.71. The van der Waals surface area contributed by atoms with Crippen LogP contribution in [0.4, 0.5) is 0 Å². The Hall–Kier alpha value is -2.20. The van der Waals surface area contributed by atoms with Crippen LogP contribution in [0.3, 0.4) is 0 Å². The summed E-state index contributed by atoms with van der Waals surface area (Å²) in [5.41, 5.74) is 5.34. The third kappa shape index (κ3) is 12.1. The highest BCUT2D eigenvalue weighted by molar-refractivity contribution is 7.80. The Bertz CT molecular complexity index is 596. The number of carbonyl (C=O) groups is 5. The Morgan fingerprint density at radius 1 is 1.17 bits per heavy atom. The maximum atomic E-state index is 12.4. The SMILES string of the molecule is CCCCCC(/C=C/C=O)C(=O)CNC(=O)[C@H](CS)NC(=O)CC[C@H](N)C(=O)O. The lowest BCUT2D eigenvalue weighted by Gasteiger charge is -2.18. The van der Waals surface area contributed by atoms with Gasteiger partial charge in [0.1, 0.15) is 18.4 Å². The summed E-state index contributed by atoms with van der Waals surface area (Å²) in [6, 6.07) is -2.13. The number of nitrogens with two attached hydrogens (primary N) is 1. The molecule has 0 saturated heterocycles. The number of nitrogens with one attached hydrogen (secondary N) is 2. The van der Waals surface area contributed by atoms with Gasteiger partial charge in [-0.1, -0.05) is 32.3 Å². The van der Waals surface area contributed by atoms with Crippen molar-refractivity contribution in [2.45, 2.75) is 57.5 Å². The summed E-state index contributed by atoms with van der Waals surface area (Å²) in [5, 5.41) is 13.6. The maximum absolute atomic E-state index is 12.4. The number of thiol groups is 1. The van der Waals surface area contributed by atoms with E-state index in [9.17, 15) is 24.0 Å². The van der Waals surface area contributed by atoms with Crippen molar-refractivity contribution in [2.75, 3.05) is 12.3 Å². The summed E-state index contributed by atoms with van der Waals surface area (Å²) < 4.78 is 0. The number of hydrogen-bond acceptors (Lipinski definition) is 7. The van der Waals surface area contributed by atoms with Crippen LogP contribution in [0.15, 0.2) is 12.2 Å². The third-order valence-corrected chi connectivity index (χ3v) is 4.59. The number of rotatable bonds is 16. The maximum Gasteiger partial charge on any atom is 0.320 e. The molecule has 3 atom stereocenters. The fraction of sp³-hybridized carbons (Fsp3) is 0.632. The van der Waals surface area contributed by atoms with Gasteiger partial charge in [0, 0.05) is 18.1 Å². The summed E-state index contributed by atoms with van der Waals surface area (Å²) in [7, 11) is 0. The molecule has 0 radical (unpaired) electrons. The van der Waals surface area contributed by atoms with Gasteiger partial charge in [0.05, 0.1) is 6.54 Å². The molecule has 0 heterocycles. The van der Waals surface area contributed by atoms with Gasteiger partial charge in [0.15, 0.2) is 5.78 Å². The molecule has 0 fully saturated rings. The Kier molecular flexibility index (Phi) is 14.5. The molecule has 0 aliphatic carbocycles. The number of hydrogen-bond donors (Lipinski definition) is 5. The normalized spacial score (nSPS) is 14.0. The number of aldehydes is 1. The second-order valence-electron chi connectivity index (χ2n) is 6.59. The standard InChI is InChI=1S/C19H31N3O6S/c1-2-3-4-6-13(7-5-10-23)16(24)11-21-18(26)15(12-29)22-17(25)9-8-14(20)19(27)28/h5,7,10,13-15,29H,2-4,6,8-9,11-12,20H2,1H3,(H,21,26)(H,22,25)(H,27,28)/b7-5+/t13?,14-,15-/m0/s1. The van der Waals surface area contributed by atoms with Crippen molar-refractivity contribution in [2.24, 2.45) is 11.7 Å². The Morgan fingerprint density at radius 2 is 1.86 bits per heavy atom. The van der Waals surface area contributed by atoms with Crippen LogP contribution in [-0.4, -0.2) is 59.3 Å². The van der Waals surface area contributed by atoms with Crippen molar-refractivity contribution >= 4 is 42.5 Å². The van der Waals surface area contributed by atoms with E-state index in [4.69, 9.17) is 10.8 Å². The second-order valence-corrected chi connectivity index (χ2v) is 6.96. The van der Waals surface area contributed by atoms with Crippen LogP contribution in [0, 0.1) is 5.92 Å². The smallest absolute Gasteiger partial charge is 0.320 e. The first-order valence-electron chi connectivity index (χ1n) is 9.57. The molecule has 10 heteroatoms. The number of carboxylic acid groups (broad SMARTS) is 1. The summed E-state index contributed by atoms with van der Waals surface area (Å²) in [5.74, 6) is -3.01. The van der Waals surface area contributed by atoms with Crippen LogP contribution in [-0.2, 0) is 24.0 Å². The molecule has 0 spiro atoms. The van der Waals surface area contributed by atoms with Gasteiger partial charge in [0.25, 0.3) is 0 Å². The third-order valence-electron chi connectivity index (χ3n) is 4.22. The first-order chi connectivity index (χ1) is 13.8. The highest BCUT2D eigenvalue weighted by Crippen LogP contribution is 2.12. The number of aliphatic carboxylic acids is 1. The summed E-state index contributed by atoms with van der Waals surface area (Å²) in [4.78, 5) is 57.7. The number of allylic oxidation sites excluding steroid dienone is 2. The van der Waals surface area contributed by atoms with E-state index in [-0.39, 0.29) is 30.9 Å². The molecule has 0 saturated carbocycles. The molecule has 0 aliphatic heterocycles. The Balaban J connectivity index is 4.61. The van der Waals surface area contributed by atoms with Crippen molar-refractivity contribution in [1.29, 1.82) is 0 Å². The lowest BCUT2D eigenvalue weighted by molar-refractivity contribution is -0.139. The molecule has 0 aliphatic rings. The van der Waals surface area contributed by atoms with Gasteiger partial charge >= 0.3 is 5.97 Å². The molecule has 0 aromatic carbocycles. The molecule has 5 N–H and O–H groups in total. The molecule has 29 heavy (non-hydrogen) atoms. The Morgan fingerprint density at radius 3 is 2.41 bits per heavy atom. The molecule has 1 unspecified atom stereocenters. The van der Waals surface area contributed by atoms with Crippen molar-refractivity contribution in [1.82, 2.24) is 10.6 Å². The number of amides is 2. The van der Waals surface area contributed by atoms with E-state index in [1.165, 1.54) is 12.2 Å². The van der Waals surface area contributed by atoms with Crippen molar-refractivity contribution in [3.8, 4) is 0 Å². The molecule has 2 amide bonds. The fourth-order valence-electron chi connectivity index (χ4n) is 2.46. The zero-order chi connectivity index (χ0) is 22.2. The van der Waals surface area contributed by atoms with Crippen molar-refractivity contribution in [3.63, 3.8) is 0 Å². The topological polar surface area (TPSA) is 156 Å². The van der Waals surface area contributed by atoms with Crippen LogP contribution < -0.4 is 16.4 Å². The first-order valence-corrected chi connectivity index (χ1v) is 10.2. The monoisotopic (exact) mass is 429 g/mol. The lowest BCUT2D eigenvalue weighted by atomic mass is 9.96. The predicted molar refractivity (Wildman–Crippen MR) is 111 cm³/mol. The minimum absolute atomic E-state index is 0.00171. The highest BCUT2D eigenvalue weighted by Gasteiger charge is 2.22. The minimum atomic E-state index is -1.21. The van der Waals surface area contributed by atoms with E-state index in [0.717, 1.165) is 19.3 Å². The van der Waals surface area contributed by atoms with E-state index in [1.807, 2.05) is 6.92 Å². The molecule has 0 bridgehead atoms. The van der Waals surface area contributed by atoms with E-state index in [0.29, 0.717) is 12.7 Å². The first kappa shape index (κ1) is 26.8. The molecule has 164 valence electrons. The summed E-state index contributed by atoms with van der Waals surface area (Å²) >= 11 is 4.03. The summed E-state index contributed by atoms with van der Waals surface area (Å²) in [6.45, 7) is 1.81. The zero-order valence-corrected chi connectivity index (χ0v) is 17.5. The molecule has 0 aromatic heterocycles. The van der Waals surface area contributed by atoms with E-state index in [1.54, 1.807) is 0 Å². The van der Waals surface area contributed by atoms with Gasteiger partial charge in [-0.3, -0.25) is 24.0 Å². The second kappa shape index (κ2) is 15.7. The molecule has 9 nitrogen and oxygen atoms in total. The number of carbonyl (C=O) groups excluding carboxylic acids is 4. The van der Waals surface area contributed by atoms with Gasteiger partial charge in [0.2, 0.25) is 11.8 Å². The minimum Gasteiger partial charge on any atom is -0.480 e. The highest BCUT2D eigenvalue weighted by atomic mass is 32.1. The number of Topliss-reactive ketones (excluding diaryl/α,β-unsaturated/α-hetero) is 1. The van der Waals surface area contributed by atoms with E-state index in [2.05, 4.69) is 23.3 Å². The molecular weight excluding hydrogens is 398 g/mol. The average Bonchev–Trinajstić information content (AvgIpc) is 2.70. The largest absolute Gasteiger partial charge is 0.480 e. The molecular formula is C19H31N3O6S. The Labute approximate surface area is 176 Å². The van der Waals surface area contributed by atoms with Gasteiger partial charge < -0.3 is 21.5 Å². The van der Waals surface area contributed by atoms with Gasteiger partial charge in [-0.15, -0.1) is 0 Å². The quantitative estimate of drug-likeness (QED) is 0.102. The average molecular weight is 430 g/mol. The zero-order valence-electron chi connectivity index (χ0n) is 16.6.